The van der Waals surface area contributed by atoms with E-state index in [1.54, 1.807) is 21.1 Å². The van der Waals surface area contributed by atoms with Gasteiger partial charge in [-0.25, -0.2) is 8.78 Å². The Bertz CT molecular complexity index is 1590. The van der Waals surface area contributed by atoms with Crippen molar-refractivity contribution < 1.29 is 28.5 Å². The Morgan fingerprint density at radius 1 is 0.680 bits per heavy atom. The first-order valence-electron chi connectivity index (χ1n) is 17.4. The van der Waals surface area contributed by atoms with Crippen molar-refractivity contribution in [3.63, 3.8) is 0 Å². The van der Waals surface area contributed by atoms with Crippen molar-refractivity contribution in [3.8, 4) is 17.2 Å². The largest absolute Gasteiger partial charge is 0.504 e. The summed E-state index contributed by atoms with van der Waals surface area (Å²) >= 11 is 0. The van der Waals surface area contributed by atoms with E-state index in [0.29, 0.717) is 22.8 Å². The minimum atomic E-state index is -1.79. The highest BCUT2D eigenvalue weighted by Crippen LogP contribution is 2.49. The van der Waals surface area contributed by atoms with E-state index in [2.05, 4.69) is 83.1 Å². The van der Waals surface area contributed by atoms with Crippen LogP contribution in [0.1, 0.15) is 136 Å². The van der Waals surface area contributed by atoms with Gasteiger partial charge in [0.15, 0.2) is 11.6 Å². The summed E-state index contributed by atoms with van der Waals surface area (Å²) in [7, 11) is 3.35. The molecule has 5 nitrogen and oxygen atoms in total. The monoisotopic (exact) mass is 693 g/mol. The third-order valence-corrected chi connectivity index (χ3v) is 9.88. The van der Waals surface area contributed by atoms with Crippen LogP contribution in [-0.2, 0) is 27.3 Å². The van der Waals surface area contributed by atoms with Crippen LogP contribution >= 0.6 is 0 Å². The Hall–Kier alpha value is -3.42. The van der Waals surface area contributed by atoms with Gasteiger partial charge in [-0.15, -0.1) is 0 Å². The molecule has 4 N–H and O–H groups in total. The average molecular weight is 694 g/mol. The van der Waals surface area contributed by atoms with Crippen molar-refractivity contribution in [2.75, 3.05) is 14.2 Å². The van der Waals surface area contributed by atoms with Crippen LogP contribution in [0.2, 0.25) is 0 Å². The first-order valence-corrected chi connectivity index (χ1v) is 17.4. The summed E-state index contributed by atoms with van der Waals surface area (Å²) in [4.78, 5) is 0. The van der Waals surface area contributed by atoms with Gasteiger partial charge < -0.3 is 25.4 Å². The van der Waals surface area contributed by atoms with Crippen molar-refractivity contribution in [2.24, 2.45) is 11.7 Å². The molecule has 7 heteroatoms. The van der Waals surface area contributed by atoms with E-state index in [1.807, 2.05) is 31.2 Å². The molecule has 0 spiro atoms. The predicted octanol–water partition coefficient (Wildman–Crippen LogP) is 10.2. The highest BCUT2D eigenvalue weighted by molar-refractivity contribution is 5.61. The molecule has 0 radical (unpaired) electrons. The molecule has 2 atom stereocenters. The average Bonchev–Trinajstić information content (AvgIpc) is 2.98. The molecule has 0 aliphatic carbocycles. The van der Waals surface area contributed by atoms with Crippen LogP contribution in [0.3, 0.4) is 0 Å². The number of hydrogen-bond acceptors (Lipinski definition) is 5. The number of phenols is 1. The first kappa shape index (κ1) is 41.0. The van der Waals surface area contributed by atoms with Crippen LogP contribution in [-0.4, -0.2) is 30.5 Å². The molecule has 0 aliphatic rings. The summed E-state index contributed by atoms with van der Waals surface area (Å²) < 4.78 is 40.7. The van der Waals surface area contributed by atoms with E-state index in [1.165, 1.54) is 6.08 Å². The zero-order valence-electron chi connectivity index (χ0n) is 33.2. The lowest BCUT2D eigenvalue weighted by atomic mass is 9.68. The Morgan fingerprint density at radius 3 is 1.32 bits per heavy atom. The van der Waals surface area contributed by atoms with Gasteiger partial charge in [-0.05, 0) is 76.0 Å². The highest BCUT2D eigenvalue weighted by atomic mass is 19.1. The molecule has 3 aromatic rings. The Labute approximate surface area is 299 Å². The van der Waals surface area contributed by atoms with Crippen molar-refractivity contribution in [2.45, 2.75) is 130 Å². The molecule has 50 heavy (non-hydrogen) atoms. The van der Waals surface area contributed by atoms with Gasteiger partial charge in [0, 0.05) is 39.9 Å². The smallest absolute Gasteiger partial charge is 0.168 e. The second-order valence-corrected chi connectivity index (χ2v) is 18.0. The molecular weight excluding hydrogens is 632 g/mol. The molecule has 0 bridgehead atoms. The minimum absolute atomic E-state index is 0.00781. The lowest BCUT2D eigenvalue weighted by molar-refractivity contribution is 0.0373. The van der Waals surface area contributed by atoms with Crippen LogP contribution in [0.4, 0.5) is 8.78 Å². The first-order chi connectivity index (χ1) is 22.6. The van der Waals surface area contributed by atoms with Gasteiger partial charge in [-0.2, -0.15) is 0 Å². The number of aromatic hydroxyl groups is 1. The van der Waals surface area contributed by atoms with E-state index in [9.17, 15) is 19.0 Å². The van der Waals surface area contributed by atoms with Gasteiger partial charge in [0.2, 0.25) is 0 Å². The molecule has 0 aliphatic heterocycles. The second kappa shape index (κ2) is 14.0. The molecule has 0 amide bonds. The van der Waals surface area contributed by atoms with Crippen LogP contribution in [0.5, 0.6) is 17.2 Å². The van der Waals surface area contributed by atoms with Crippen LogP contribution < -0.4 is 15.2 Å². The van der Waals surface area contributed by atoms with Crippen LogP contribution in [0, 0.1) is 17.6 Å². The quantitative estimate of drug-likeness (QED) is 0.219. The third kappa shape index (κ3) is 8.05. The van der Waals surface area contributed by atoms with E-state index in [0.717, 1.165) is 39.8 Å². The topological polar surface area (TPSA) is 84.9 Å². The summed E-state index contributed by atoms with van der Waals surface area (Å²) in [6, 6.07) is 8.77. The molecule has 0 fully saturated rings. The molecule has 276 valence electrons. The fraction of sp³-hybridized carbons (Fsp3) is 0.535. The number of nitrogens with two attached hydrogens (primary N) is 1. The molecule has 2 unspecified atom stereocenters. The summed E-state index contributed by atoms with van der Waals surface area (Å²) in [6.07, 6.45) is 1.52. The number of hydrogen-bond donors (Lipinski definition) is 3. The Kier molecular flexibility index (Phi) is 11.4. The zero-order chi connectivity index (χ0) is 38.5. The number of phenolic OH excluding ortho intramolecular Hbond substituents is 1. The van der Waals surface area contributed by atoms with Gasteiger partial charge in [-0.3, -0.25) is 0 Å². The third-order valence-electron chi connectivity index (χ3n) is 9.88. The van der Waals surface area contributed by atoms with Gasteiger partial charge in [0.25, 0.3) is 0 Å². The van der Waals surface area contributed by atoms with E-state index in [4.69, 9.17) is 15.2 Å². The maximum Gasteiger partial charge on any atom is 0.168 e. The maximum atomic E-state index is 14.3. The lowest BCUT2D eigenvalue weighted by Crippen LogP contribution is -2.51. The number of halogens is 2. The molecule has 0 saturated carbocycles. The minimum Gasteiger partial charge on any atom is -0.504 e. The van der Waals surface area contributed by atoms with Gasteiger partial charge in [0.05, 0.1) is 14.2 Å². The van der Waals surface area contributed by atoms with Crippen molar-refractivity contribution in [1.29, 1.82) is 0 Å². The Morgan fingerprint density at radius 2 is 1.02 bits per heavy atom. The molecule has 3 rings (SSSR count). The zero-order valence-corrected chi connectivity index (χ0v) is 33.2. The normalized spacial score (nSPS) is 14.8. The van der Waals surface area contributed by atoms with Gasteiger partial charge >= 0.3 is 0 Å². The summed E-state index contributed by atoms with van der Waals surface area (Å²) in [5.74, 6) is -1.53. The van der Waals surface area contributed by atoms with Crippen molar-refractivity contribution >= 4 is 6.08 Å². The second-order valence-electron chi connectivity index (χ2n) is 18.0. The summed E-state index contributed by atoms with van der Waals surface area (Å²) in [5.41, 5.74) is 9.61. The molecule has 3 aromatic carbocycles. The maximum absolute atomic E-state index is 14.3. The number of ether oxygens (including phenoxy) is 2. The number of rotatable bonds is 8. The molecule has 0 aromatic heterocycles. The molecule has 0 heterocycles. The van der Waals surface area contributed by atoms with E-state index < -0.39 is 34.9 Å². The number of aliphatic hydroxyl groups is 1. The van der Waals surface area contributed by atoms with Gasteiger partial charge in [0.1, 0.15) is 22.9 Å². The summed E-state index contributed by atoms with van der Waals surface area (Å²) in [6.45, 7) is 29.0. The number of benzene rings is 3. The van der Waals surface area contributed by atoms with Crippen molar-refractivity contribution in [3.05, 3.63) is 92.5 Å². The Balaban J connectivity index is 2.58. The SMILES string of the molecule is COc1c(C(C)(C)C)cc(C(O)(c2cc(C(C)(C)C)c(OC)c(C(C)(C)C)c2)C(N)C(C)C(C)=Cc2cc(F)cc(F)c2O)cc1C(C)(C)C. The molecular formula is C43H61F2NO4. The fourth-order valence-electron chi connectivity index (χ4n) is 6.64. The van der Waals surface area contributed by atoms with Crippen LogP contribution in [0.15, 0.2) is 42.0 Å². The van der Waals surface area contributed by atoms with E-state index in [-0.39, 0.29) is 27.2 Å². The van der Waals surface area contributed by atoms with E-state index >= 15 is 0 Å². The highest BCUT2D eigenvalue weighted by Gasteiger charge is 2.45. The predicted molar refractivity (Wildman–Crippen MR) is 203 cm³/mol. The summed E-state index contributed by atoms with van der Waals surface area (Å²) in [5, 5.41) is 24.1. The van der Waals surface area contributed by atoms with Crippen LogP contribution in [0.25, 0.3) is 6.08 Å². The lowest BCUT2D eigenvalue weighted by Gasteiger charge is -2.42. The standard InChI is InChI=1S/C43H61F2NO4/c1-24(17-26-18-29(44)23-34(45)35(26)47)25(2)38(46)43(48,27-19-30(39(3,4)5)36(49-15)31(20-27)40(6,7)8)28-21-32(41(9,10)11)37(50-16)33(22-28)42(12,13)14/h17-23,25,38,47-48H,46H2,1-16H3. The molecule has 0 saturated heterocycles. The fourth-order valence-corrected chi connectivity index (χ4v) is 6.64. The van der Waals surface area contributed by atoms with Gasteiger partial charge in [-0.1, -0.05) is 102 Å². The number of methoxy groups -OCH3 is 2. The van der Waals surface area contributed by atoms with Crippen molar-refractivity contribution in [1.82, 2.24) is 0 Å².